The number of benzene rings is 1. The van der Waals surface area contributed by atoms with Gasteiger partial charge in [-0.05, 0) is 26.8 Å². The summed E-state index contributed by atoms with van der Waals surface area (Å²) in [7, 11) is 3.12. The first-order valence-corrected chi connectivity index (χ1v) is 8.17. The summed E-state index contributed by atoms with van der Waals surface area (Å²) in [6.07, 6.45) is -0.0501. The van der Waals surface area contributed by atoms with Crippen molar-refractivity contribution < 1.29 is 33.3 Å². The molecule has 0 aliphatic heterocycles. The van der Waals surface area contributed by atoms with Crippen LogP contribution in [0.2, 0.25) is 0 Å². The van der Waals surface area contributed by atoms with Crippen LogP contribution in [0.25, 0.3) is 0 Å². The summed E-state index contributed by atoms with van der Waals surface area (Å²) < 4.78 is 26.4. The molecule has 0 radical (unpaired) electrons. The van der Waals surface area contributed by atoms with Gasteiger partial charge < -0.3 is 23.7 Å². The third kappa shape index (κ3) is 7.71. The monoisotopic (exact) mass is 369 g/mol. The summed E-state index contributed by atoms with van der Waals surface area (Å²) in [5, 5.41) is 2.56. The van der Waals surface area contributed by atoms with Crippen molar-refractivity contribution in [2.24, 2.45) is 0 Å². The fourth-order valence-electron chi connectivity index (χ4n) is 1.89. The van der Waals surface area contributed by atoms with Gasteiger partial charge in [0.15, 0.2) is 17.8 Å². The number of carbonyl (C=O) groups excluding carboxylic acids is 2. The van der Waals surface area contributed by atoms with Gasteiger partial charge in [-0.3, -0.25) is 10.1 Å². The van der Waals surface area contributed by atoms with Gasteiger partial charge >= 0.3 is 6.09 Å². The number of amides is 1. The van der Waals surface area contributed by atoms with Crippen LogP contribution in [0.15, 0.2) is 12.1 Å². The molecule has 0 aromatic heterocycles. The van der Waals surface area contributed by atoms with Crippen LogP contribution < -0.4 is 14.8 Å². The molecule has 1 N–H and O–H groups in total. The van der Waals surface area contributed by atoms with Crippen LogP contribution in [-0.2, 0) is 14.2 Å². The van der Waals surface area contributed by atoms with Crippen LogP contribution in [0.4, 0.5) is 10.5 Å². The average molecular weight is 369 g/mol. The van der Waals surface area contributed by atoms with E-state index in [0.717, 1.165) is 0 Å². The Hall–Kier alpha value is -2.32. The zero-order valence-corrected chi connectivity index (χ0v) is 15.9. The predicted molar refractivity (Wildman–Crippen MR) is 96.4 cm³/mol. The number of anilines is 1. The zero-order chi connectivity index (χ0) is 19.6. The third-order valence-electron chi connectivity index (χ3n) is 2.97. The number of carbonyl (C=O) groups is 2. The van der Waals surface area contributed by atoms with Crippen molar-refractivity contribution in [1.29, 1.82) is 0 Å². The minimum atomic E-state index is -0.670. The van der Waals surface area contributed by atoms with E-state index >= 15 is 0 Å². The van der Waals surface area contributed by atoms with E-state index in [-0.39, 0.29) is 24.5 Å². The number of hydrogen-bond donors (Lipinski definition) is 1. The largest absolute Gasteiger partial charge is 0.487 e. The van der Waals surface area contributed by atoms with Crippen molar-refractivity contribution in [2.75, 3.05) is 46.0 Å². The minimum Gasteiger partial charge on any atom is -0.487 e. The first kappa shape index (κ1) is 21.7. The van der Waals surface area contributed by atoms with Gasteiger partial charge in [-0.25, -0.2) is 4.79 Å². The van der Waals surface area contributed by atoms with Crippen molar-refractivity contribution in [3.63, 3.8) is 0 Å². The Morgan fingerprint density at radius 2 is 1.54 bits per heavy atom. The number of nitrogens with one attached hydrogen (secondary N) is 1. The lowest BCUT2D eigenvalue weighted by Crippen LogP contribution is -2.27. The molecule has 0 fully saturated rings. The molecule has 0 saturated heterocycles. The SMILES string of the molecule is COCCOc1cc(C=O)c(NC(=O)OC(C)(C)C)cc1OCCOC. The molecule has 26 heavy (non-hydrogen) atoms. The third-order valence-corrected chi connectivity index (χ3v) is 2.97. The highest BCUT2D eigenvalue weighted by Crippen LogP contribution is 2.33. The predicted octanol–water partition coefficient (Wildman–Crippen LogP) is 2.90. The maximum Gasteiger partial charge on any atom is 0.412 e. The molecule has 1 aromatic rings. The second-order valence-corrected chi connectivity index (χ2v) is 6.31. The van der Waals surface area contributed by atoms with Crippen molar-refractivity contribution in [1.82, 2.24) is 0 Å². The highest BCUT2D eigenvalue weighted by atomic mass is 16.6. The quantitative estimate of drug-likeness (QED) is 0.501. The Morgan fingerprint density at radius 3 is 2.00 bits per heavy atom. The molecule has 1 amide bonds. The van der Waals surface area contributed by atoms with Gasteiger partial charge in [-0.2, -0.15) is 0 Å². The van der Waals surface area contributed by atoms with Crippen molar-refractivity contribution >= 4 is 18.1 Å². The molecule has 8 nitrogen and oxygen atoms in total. The van der Waals surface area contributed by atoms with Crippen LogP contribution in [0.5, 0.6) is 11.5 Å². The molecule has 0 atom stereocenters. The molecule has 0 aliphatic rings. The first-order chi connectivity index (χ1) is 12.3. The fraction of sp³-hybridized carbons (Fsp3) is 0.556. The molecule has 0 spiro atoms. The van der Waals surface area contributed by atoms with E-state index in [0.29, 0.717) is 31.0 Å². The standard InChI is InChI=1S/C18H27NO7/c1-18(2,3)26-17(21)19-14-11-16(25-9-7-23-5)15(10-13(14)12-20)24-8-6-22-4/h10-12H,6-9H2,1-5H3,(H,19,21). The van der Waals surface area contributed by atoms with E-state index in [1.165, 1.54) is 12.1 Å². The van der Waals surface area contributed by atoms with Crippen LogP contribution in [0.3, 0.4) is 0 Å². The summed E-state index contributed by atoms with van der Waals surface area (Å²) >= 11 is 0. The highest BCUT2D eigenvalue weighted by molar-refractivity contribution is 5.94. The Morgan fingerprint density at radius 1 is 1.00 bits per heavy atom. The van der Waals surface area contributed by atoms with Crippen LogP contribution in [0, 0.1) is 0 Å². The Labute approximate surface area is 153 Å². The molecule has 1 aromatic carbocycles. The molecule has 1 rings (SSSR count). The number of hydrogen-bond acceptors (Lipinski definition) is 7. The Balaban J connectivity index is 3.05. The molecule has 0 bridgehead atoms. The number of aldehydes is 1. The van der Waals surface area contributed by atoms with Gasteiger partial charge in [0.25, 0.3) is 0 Å². The second-order valence-electron chi connectivity index (χ2n) is 6.31. The number of ether oxygens (including phenoxy) is 5. The zero-order valence-electron chi connectivity index (χ0n) is 15.9. The van der Waals surface area contributed by atoms with Gasteiger partial charge in [0.1, 0.15) is 18.8 Å². The van der Waals surface area contributed by atoms with E-state index in [2.05, 4.69) is 5.32 Å². The van der Waals surface area contributed by atoms with E-state index in [4.69, 9.17) is 23.7 Å². The second kappa shape index (κ2) is 10.6. The highest BCUT2D eigenvalue weighted by Gasteiger charge is 2.19. The van der Waals surface area contributed by atoms with E-state index in [1.807, 2.05) is 0 Å². The molecule has 8 heteroatoms. The molecule has 0 saturated carbocycles. The normalized spacial score (nSPS) is 11.0. The van der Waals surface area contributed by atoms with Gasteiger partial charge in [0.2, 0.25) is 0 Å². The Kier molecular flexibility index (Phi) is 8.87. The molecular formula is C18H27NO7. The van der Waals surface area contributed by atoms with Gasteiger partial charge in [-0.15, -0.1) is 0 Å². The van der Waals surface area contributed by atoms with Crippen LogP contribution >= 0.6 is 0 Å². The summed E-state index contributed by atoms with van der Waals surface area (Å²) in [4.78, 5) is 23.4. The maximum atomic E-state index is 12.0. The molecule has 0 aliphatic carbocycles. The van der Waals surface area contributed by atoms with E-state index in [1.54, 1.807) is 35.0 Å². The lowest BCUT2D eigenvalue weighted by atomic mass is 10.1. The average Bonchev–Trinajstić information content (AvgIpc) is 2.55. The van der Waals surface area contributed by atoms with Gasteiger partial charge in [-0.1, -0.05) is 0 Å². The molecular weight excluding hydrogens is 342 g/mol. The molecule has 0 heterocycles. The van der Waals surface area contributed by atoms with E-state index in [9.17, 15) is 9.59 Å². The first-order valence-electron chi connectivity index (χ1n) is 8.17. The Bertz CT molecular complexity index is 596. The lowest BCUT2D eigenvalue weighted by molar-refractivity contribution is 0.0636. The smallest absolute Gasteiger partial charge is 0.412 e. The van der Waals surface area contributed by atoms with Crippen LogP contribution in [-0.4, -0.2) is 58.6 Å². The van der Waals surface area contributed by atoms with E-state index < -0.39 is 11.7 Å². The van der Waals surface area contributed by atoms with Crippen molar-refractivity contribution in [3.8, 4) is 11.5 Å². The lowest BCUT2D eigenvalue weighted by Gasteiger charge is -2.21. The fourth-order valence-corrected chi connectivity index (χ4v) is 1.89. The minimum absolute atomic E-state index is 0.238. The number of methoxy groups -OCH3 is 2. The molecule has 146 valence electrons. The maximum absolute atomic E-state index is 12.0. The van der Waals surface area contributed by atoms with Crippen molar-refractivity contribution in [3.05, 3.63) is 17.7 Å². The number of rotatable bonds is 10. The van der Waals surface area contributed by atoms with Gasteiger partial charge in [0.05, 0.1) is 18.9 Å². The summed E-state index contributed by atoms with van der Waals surface area (Å²) in [6, 6.07) is 3.02. The summed E-state index contributed by atoms with van der Waals surface area (Å²) in [6.45, 7) is 6.57. The van der Waals surface area contributed by atoms with Crippen LogP contribution in [0.1, 0.15) is 31.1 Å². The summed E-state index contributed by atoms with van der Waals surface area (Å²) in [5.74, 6) is 0.741. The molecule has 0 unspecified atom stereocenters. The van der Waals surface area contributed by atoms with Gasteiger partial charge in [0, 0.05) is 25.8 Å². The topological polar surface area (TPSA) is 92.3 Å². The van der Waals surface area contributed by atoms with Crippen molar-refractivity contribution in [2.45, 2.75) is 26.4 Å². The summed E-state index contributed by atoms with van der Waals surface area (Å²) in [5.41, 5.74) is -0.157.